The highest BCUT2D eigenvalue weighted by molar-refractivity contribution is 5.95. The number of aromatic nitrogens is 3. The molecule has 5 heteroatoms. The molecule has 1 aliphatic rings. The third-order valence-corrected chi connectivity index (χ3v) is 3.44. The Bertz CT molecular complexity index is 555. The topological polar surface area (TPSA) is 61.9 Å². The monoisotopic (exact) mass is 244 g/mol. The fourth-order valence-electron chi connectivity index (χ4n) is 2.39. The van der Waals surface area contributed by atoms with Gasteiger partial charge in [-0.1, -0.05) is 12.8 Å². The van der Waals surface area contributed by atoms with Gasteiger partial charge in [0.05, 0.1) is 11.7 Å². The van der Waals surface area contributed by atoms with Gasteiger partial charge >= 0.3 is 0 Å². The number of hydrogen-bond acceptors (Lipinski definition) is 3. The fourth-order valence-corrected chi connectivity index (χ4v) is 2.39. The van der Waals surface area contributed by atoms with Gasteiger partial charge in [0.2, 0.25) is 0 Å². The van der Waals surface area contributed by atoms with E-state index in [0.29, 0.717) is 5.69 Å². The zero-order valence-electron chi connectivity index (χ0n) is 10.2. The molecule has 5 nitrogen and oxygen atoms in total. The number of carbonyl (C=O) groups excluding carboxylic acids is 1. The van der Waals surface area contributed by atoms with Crippen LogP contribution in [0.3, 0.4) is 0 Å². The van der Waals surface area contributed by atoms with Gasteiger partial charge in [-0.25, -0.2) is 0 Å². The summed E-state index contributed by atoms with van der Waals surface area (Å²) in [4.78, 5) is 18.5. The second kappa shape index (κ2) is 4.76. The van der Waals surface area contributed by atoms with Crippen LogP contribution >= 0.6 is 0 Å². The first-order valence-corrected chi connectivity index (χ1v) is 6.43. The number of H-pyrrole nitrogens is 1. The molecule has 0 bridgehead atoms. The van der Waals surface area contributed by atoms with Crippen molar-refractivity contribution >= 4 is 16.8 Å². The van der Waals surface area contributed by atoms with Crippen molar-refractivity contribution in [3.8, 4) is 0 Å². The number of nitrogens with one attached hydrogen (secondary N) is 1. The van der Waals surface area contributed by atoms with Crippen LogP contribution < -0.4 is 0 Å². The van der Waals surface area contributed by atoms with Crippen LogP contribution in [-0.2, 0) is 0 Å². The minimum Gasteiger partial charge on any atom is -0.337 e. The summed E-state index contributed by atoms with van der Waals surface area (Å²) in [6, 6.07) is 1.79. The average molecular weight is 244 g/mol. The Balaban J connectivity index is 1.85. The molecule has 0 spiro atoms. The molecular formula is C13H16N4O. The van der Waals surface area contributed by atoms with Crippen LogP contribution in [0.25, 0.3) is 10.9 Å². The lowest BCUT2D eigenvalue weighted by Gasteiger charge is -2.19. The molecule has 3 heterocycles. The van der Waals surface area contributed by atoms with Crippen molar-refractivity contribution in [2.24, 2.45) is 0 Å². The number of hydrogen-bond donors (Lipinski definition) is 1. The Kier molecular flexibility index (Phi) is 2.96. The highest BCUT2D eigenvalue weighted by atomic mass is 16.2. The highest BCUT2D eigenvalue weighted by Gasteiger charge is 2.18. The number of pyridine rings is 1. The summed E-state index contributed by atoms with van der Waals surface area (Å²) in [6.45, 7) is 1.70. The lowest BCUT2D eigenvalue weighted by atomic mass is 10.2. The maximum atomic E-state index is 12.3. The Morgan fingerprint density at radius 2 is 1.94 bits per heavy atom. The number of nitrogens with zero attached hydrogens (tertiary/aromatic N) is 3. The summed E-state index contributed by atoms with van der Waals surface area (Å²) in [5.74, 6) is 0.0356. The molecule has 0 aliphatic carbocycles. The molecule has 1 fully saturated rings. The van der Waals surface area contributed by atoms with Gasteiger partial charge in [-0.2, -0.15) is 5.10 Å². The number of likely N-dealkylation sites (tertiary alicyclic amines) is 1. The van der Waals surface area contributed by atoms with E-state index in [9.17, 15) is 4.79 Å². The molecule has 0 atom stereocenters. The van der Waals surface area contributed by atoms with Gasteiger partial charge in [0.15, 0.2) is 0 Å². The predicted molar refractivity (Wildman–Crippen MR) is 68.3 cm³/mol. The maximum Gasteiger partial charge on any atom is 0.272 e. The van der Waals surface area contributed by atoms with Crippen molar-refractivity contribution in [1.82, 2.24) is 20.1 Å². The molecule has 1 N–H and O–H groups in total. The maximum absolute atomic E-state index is 12.3. The number of fused-ring (bicyclic) bond motifs is 1. The number of amides is 1. The average Bonchev–Trinajstić information content (AvgIpc) is 2.69. The quantitative estimate of drug-likeness (QED) is 0.834. The molecule has 1 amide bonds. The Labute approximate surface area is 105 Å². The molecule has 1 aliphatic heterocycles. The van der Waals surface area contributed by atoms with E-state index in [4.69, 9.17) is 0 Å². The lowest BCUT2D eigenvalue weighted by molar-refractivity contribution is 0.0756. The second-order valence-electron chi connectivity index (χ2n) is 4.73. The van der Waals surface area contributed by atoms with Crippen LogP contribution in [0.5, 0.6) is 0 Å². The molecule has 2 aromatic heterocycles. The van der Waals surface area contributed by atoms with Crippen LogP contribution in [0.1, 0.15) is 36.2 Å². The number of rotatable bonds is 1. The van der Waals surface area contributed by atoms with E-state index >= 15 is 0 Å². The van der Waals surface area contributed by atoms with Gasteiger partial charge in [-0.3, -0.25) is 14.9 Å². The van der Waals surface area contributed by atoms with E-state index in [1.807, 2.05) is 4.90 Å². The van der Waals surface area contributed by atoms with E-state index in [2.05, 4.69) is 15.2 Å². The Hall–Kier alpha value is -1.91. The fraction of sp³-hybridized carbons (Fsp3) is 0.462. The molecule has 0 saturated carbocycles. The summed E-state index contributed by atoms with van der Waals surface area (Å²) in [6.07, 6.45) is 8.04. The normalized spacial score (nSPS) is 16.8. The number of carbonyl (C=O) groups is 1. The van der Waals surface area contributed by atoms with Crippen molar-refractivity contribution in [2.75, 3.05) is 13.1 Å². The molecular weight excluding hydrogens is 228 g/mol. The molecule has 0 radical (unpaired) electrons. The number of aromatic amines is 1. The van der Waals surface area contributed by atoms with Crippen LogP contribution in [0.2, 0.25) is 0 Å². The molecule has 2 aromatic rings. The van der Waals surface area contributed by atoms with Gasteiger partial charge in [0, 0.05) is 24.7 Å². The van der Waals surface area contributed by atoms with Crippen LogP contribution in [0.15, 0.2) is 18.5 Å². The van der Waals surface area contributed by atoms with Crippen molar-refractivity contribution < 1.29 is 4.79 Å². The molecule has 3 rings (SSSR count). The van der Waals surface area contributed by atoms with Crippen LogP contribution in [0, 0.1) is 0 Å². The zero-order chi connectivity index (χ0) is 12.4. The SMILES string of the molecule is O=C(c1cc2[nH]ncc2cn1)N1CCCCCC1. The lowest BCUT2D eigenvalue weighted by Crippen LogP contribution is -2.32. The molecule has 18 heavy (non-hydrogen) atoms. The van der Waals surface area contributed by atoms with Crippen molar-refractivity contribution in [3.63, 3.8) is 0 Å². The summed E-state index contributed by atoms with van der Waals surface area (Å²) in [5, 5.41) is 7.74. The molecule has 1 saturated heterocycles. The second-order valence-corrected chi connectivity index (χ2v) is 4.73. The van der Waals surface area contributed by atoms with Gasteiger partial charge in [-0.05, 0) is 18.9 Å². The van der Waals surface area contributed by atoms with E-state index < -0.39 is 0 Å². The highest BCUT2D eigenvalue weighted by Crippen LogP contribution is 2.15. The van der Waals surface area contributed by atoms with Crippen molar-refractivity contribution in [2.45, 2.75) is 25.7 Å². The summed E-state index contributed by atoms with van der Waals surface area (Å²) in [5.41, 5.74) is 1.37. The van der Waals surface area contributed by atoms with Gasteiger partial charge in [-0.15, -0.1) is 0 Å². The molecule has 0 unspecified atom stereocenters. The smallest absolute Gasteiger partial charge is 0.272 e. The third-order valence-electron chi connectivity index (χ3n) is 3.44. The van der Waals surface area contributed by atoms with Crippen LogP contribution in [-0.4, -0.2) is 39.1 Å². The zero-order valence-corrected chi connectivity index (χ0v) is 10.2. The van der Waals surface area contributed by atoms with E-state index in [1.165, 1.54) is 12.8 Å². The van der Waals surface area contributed by atoms with Crippen LogP contribution in [0.4, 0.5) is 0 Å². The van der Waals surface area contributed by atoms with Gasteiger partial charge in [0.25, 0.3) is 5.91 Å². The Morgan fingerprint density at radius 3 is 2.72 bits per heavy atom. The van der Waals surface area contributed by atoms with E-state index in [-0.39, 0.29) is 5.91 Å². The first-order chi connectivity index (χ1) is 8.84. The summed E-state index contributed by atoms with van der Waals surface area (Å²) in [7, 11) is 0. The van der Waals surface area contributed by atoms with Gasteiger partial charge in [0.1, 0.15) is 5.69 Å². The largest absolute Gasteiger partial charge is 0.337 e. The van der Waals surface area contributed by atoms with Crippen molar-refractivity contribution in [1.29, 1.82) is 0 Å². The first-order valence-electron chi connectivity index (χ1n) is 6.43. The minimum atomic E-state index is 0.0356. The minimum absolute atomic E-state index is 0.0356. The Morgan fingerprint density at radius 1 is 1.17 bits per heavy atom. The predicted octanol–water partition coefficient (Wildman–Crippen LogP) is 1.97. The molecule has 94 valence electrons. The van der Waals surface area contributed by atoms with E-state index in [1.54, 1.807) is 18.5 Å². The third kappa shape index (κ3) is 2.08. The van der Waals surface area contributed by atoms with Gasteiger partial charge < -0.3 is 4.90 Å². The van der Waals surface area contributed by atoms with Crippen molar-refractivity contribution in [3.05, 3.63) is 24.2 Å². The summed E-state index contributed by atoms with van der Waals surface area (Å²) >= 11 is 0. The standard InChI is InChI=1S/C13H16N4O/c18-13(17-5-3-1-2-4-6-17)12-7-11-10(8-14-12)9-15-16-11/h7-9H,1-6H2,(H,15,16). The summed E-state index contributed by atoms with van der Waals surface area (Å²) < 4.78 is 0. The van der Waals surface area contributed by atoms with E-state index in [0.717, 1.165) is 36.8 Å². The molecule has 0 aromatic carbocycles. The first kappa shape index (κ1) is 11.2.